The molecule has 0 saturated heterocycles. The topological polar surface area (TPSA) is 237 Å². The van der Waals surface area contributed by atoms with Gasteiger partial charge in [0.05, 0.1) is 26.4 Å². The van der Waals surface area contributed by atoms with Crippen molar-refractivity contribution in [1.82, 2.24) is 0 Å². The van der Waals surface area contributed by atoms with Gasteiger partial charge in [-0.15, -0.1) is 0 Å². The number of aliphatic hydroxyl groups is 1. The maximum atomic E-state index is 13.1. The summed E-state index contributed by atoms with van der Waals surface area (Å²) >= 11 is 0. The lowest BCUT2D eigenvalue weighted by atomic mass is 10.1. The third-order valence-electron chi connectivity index (χ3n) is 15.8. The van der Waals surface area contributed by atoms with Crippen molar-refractivity contribution in [1.29, 1.82) is 0 Å². The van der Waals surface area contributed by atoms with Crippen LogP contribution in [0, 0.1) is 0 Å². The van der Waals surface area contributed by atoms with Gasteiger partial charge >= 0.3 is 39.5 Å². The normalized spacial score (nSPS) is 14.4. The second-order valence-corrected chi connectivity index (χ2v) is 28.1. The van der Waals surface area contributed by atoms with Crippen molar-refractivity contribution in [3.05, 3.63) is 85.1 Å². The molecule has 96 heavy (non-hydrogen) atoms. The van der Waals surface area contributed by atoms with Crippen LogP contribution in [-0.4, -0.2) is 96.7 Å². The molecule has 0 bridgehead atoms. The minimum absolute atomic E-state index is 0.0706. The van der Waals surface area contributed by atoms with Gasteiger partial charge in [0, 0.05) is 25.7 Å². The van der Waals surface area contributed by atoms with E-state index in [0.29, 0.717) is 25.7 Å². The van der Waals surface area contributed by atoms with Crippen LogP contribution in [0.4, 0.5) is 0 Å². The molecule has 0 aliphatic carbocycles. The van der Waals surface area contributed by atoms with Gasteiger partial charge in [0.2, 0.25) is 0 Å². The van der Waals surface area contributed by atoms with Gasteiger partial charge in [0.15, 0.2) is 12.2 Å². The fourth-order valence-corrected chi connectivity index (χ4v) is 11.6. The van der Waals surface area contributed by atoms with Crippen LogP contribution >= 0.6 is 15.6 Å². The molecule has 5 unspecified atom stereocenters. The molecule has 0 aliphatic heterocycles. The van der Waals surface area contributed by atoms with E-state index in [2.05, 4.69) is 113 Å². The Hall–Kier alpha value is -3.76. The highest BCUT2D eigenvalue weighted by Gasteiger charge is 2.30. The Morgan fingerprint density at radius 3 is 0.885 bits per heavy atom. The summed E-state index contributed by atoms with van der Waals surface area (Å²) in [5.41, 5.74) is 0. The first-order valence-electron chi connectivity index (χ1n) is 37.8. The van der Waals surface area contributed by atoms with Crippen LogP contribution in [0.3, 0.4) is 0 Å². The van der Waals surface area contributed by atoms with Crippen LogP contribution in [0.2, 0.25) is 0 Å². The van der Waals surface area contributed by atoms with Gasteiger partial charge in [-0.25, -0.2) is 9.13 Å². The van der Waals surface area contributed by atoms with Crippen molar-refractivity contribution in [2.75, 3.05) is 39.6 Å². The summed E-state index contributed by atoms with van der Waals surface area (Å²) in [6.45, 7) is 4.67. The zero-order chi connectivity index (χ0) is 70.4. The molecule has 5 atom stereocenters. The molecule has 0 amide bonds. The lowest BCUT2D eigenvalue weighted by Crippen LogP contribution is -2.30. The van der Waals surface area contributed by atoms with Crippen LogP contribution in [0.25, 0.3) is 0 Å². The van der Waals surface area contributed by atoms with Gasteiger partial charge < -0.3 is 33.8 Å². The Kier molecular flexibility index (Phi) is 67.0. The molecular weight excluding hydrogens is 1260 g/mol. The SMILES string of the molecule is CC/C=C\C/C=C\C/C=C\C/C=C\CCCCC(=O)OCC(COP(=O)(O)OCC(O)COP(=O)(O)OCC(COC(=O)CCCCCCC/C=C\CCCCCCCC)OC(=O)CCCCCCCCCCCCC)OC(=O)CCCCCCC/C=C\C/C=C\CCCCC. The summed E-state index contributed by atoms with van der Waals surface area (Å²) in [4.78, 5) is 72.7. The minimum atomic E-state index is -4.98. The zero-order valence-corrected chi connectivity index (χ0v) is 62.3. The van der Waals surface area contributed by atoms with Crippen molar-refractivity contribution in [3.8, 4) is 0 Å². The number of hydrogen-bond donors (Lipinski definition) is 3. The largest absolute Gasteiger partial charge is 0.472 e. The number of aliphatic hydroxyl groups excluding tert-OH is 1. The van der Waals surface area contributed by atoms with E-state index < -0.39 is 97.5 Å². The van der Waals surface area contributed by atoms with Gasteiger partial charge in [-0.1, -0.05) is 260 Å². The molecule has 17 nitrogen and oxygen atoms in total. The van der Waals surface area contributed by atoms with Gasteiger partial charge in [0.1, 0.15) is 19.3 Å². The number of unbranched alkanes of at least 4 members (excludes halogenated alkanes) is 31. The predicted molar refractivity (Wildman–Crippen MR) is 390 cm³/mol. The quantitative estimate of drug-likeness (QED) is 0.0169. The average Bonchev–Trinajstić information content (AvgIpc) is 1.09. The Balaban J connectivity index is 5.36. The van der Waals surface area contributed by atoms with Crippen LogP contribution < -0.4 is 0 Å². The molecule has 3 N–H and O–H groups in total. The minimum Gasteiger partial charge on any atom is -0.462 e. The fraction of sp³-hybridized carbons (Fsp3) is 0.766. The maximum absolute atomic E-state index is 13.1. The summed E-state index contributed by atoms with van der Waals surface area (Å²) in [6, 6.07) is 0. The van der Waals surface area contributed by atoms with Gasteiger partial charge in [-0.05, 0) is 122 Å². The number of ether oxygens (including phenoxy) is 4. The van der Waals surface area contributed by atoms with Gasteiger partial charge in [-0.2, -0.15) is 0 Å². The number of rotatable bonds is 71. The van der Waals surface area contributed by atoms with E-state index >= 15 is 0 Å². The second-order valence-electron chi connectivity index (χ2n) is 25.2. The smallest absolute Gasteiger partial charge is 0.462 e. The molecule has 0 fully saturated rings. The highest BCUT2D eigenvalue weighted by Crippen LogP contribution is 2.45. The van der Waals surface area contributed by atoms with Gasteiger partial charge in [-0.3, -0.25) is 37.3 Å². The fourth-order valence-electron chi connectivity index (χ4n) is 10.1. The average molecular weight is 1400 g/mol. The Labute approximate surface area is 583 Å². The number of phosphoric acid groups is 2. The van der Waals surface area contributed by atoms with E-state index in [1.165, 1.54) is 96.3 Å². The second kappa shape index (κ2) is 69.7. The van der Waals surface area contributed by atoms with Crippen LogP contribution in [0.5, 0.6) is 0 Å². The van der Waals surface area contributed by atoms with Crippen molar-refractivity contribution in [2.24, 2.45) is 0 Å². The van der Waals surface area contributed by atoms with E-state index in [0.717, 1.165) is 148 Å². The number of allylic oxidation sites excluding steroid dienone is 14. The maximum Gasteiger partial charge on any atom is 0.472 e. The van der Waals surface area contributed by atoms with E-state index in [4.69, 9.17) is 37.0 Å². The van der Waals surface area contributed by atoms with Crippen LogP contribution in [0.1, 0.15) is 323 Å². The third-order valence-corrected chi connectivity index (χ3v) is 17.7. The third kappa shape index (κ3) is 68.8. The summed E-state index contributed by atoms with van der Waals surface area (Å²) in [7, 11) is -9.95. The number of phosphoric ester groups is 2. The summed E-state index contributed by atoms with van der Waals surface area (Å²) < 4.78 is 68.4. The van der Waals surface area contributed by atoms with Crippen LogP contribution in [0.15, 0.2) is 85.1 Å². The van der Waals surface area contributed by atoms with Crippen molar-refractivity contribution in [3.63, 3.8) is 0 Å². The molecule has 0 radical (unpaired) electrons. The van der Waals surface area contributed by atoms with E-state index in [1.807, 2.05) is 0 Å². The van der Waals surface area contributed by atoms with Crippen molar-refractivity contribution >= 4 is 39.5 Å². The highest BCUT2D eigenvalue weighted by atomic mass is 31.2. The van der Waals surface area contributed by atoms with E-state index in [-0.39, 0.29) is 25.7 Å². The molecule has 0 aromatic carbocycles. The summed E-state index contributed by atoms with van der Waals surface area (Å²) in [5.74, 6) is -2.23. The molecule has 0 heterocycles. The molecular formula is C77H136O17P2. The monoisotopic (exact) mass is 1390 g/mol. The zero-order valence-electron chi connectivity index (χ0n) is 60.5. The van der Waals surface area contributed by atoms with Crippen LogP contribution in [-0.2, 0) is 65.4 Å². The van der Waals surface area contributed by atoms with Gasteiger partial charge in [0.25, 0.3) is 0 Å². The molecule has 0 saturated carbocycles. The van der Waals surface area contributed by atoms with E-state index in [9.17, 15) is 43.2 Å². The lowest BCUT2D eigenvalue weighted by molar-refractivity contribution is -0.161. The van der Waals surface area contributed by atoms with Crippen molar-refractivity contribution < 1.29 is 80.2 Å². The van der Waals surface area contributed by atoms with Crippen molar-refractivity contribution in [2.45, 2.75) is 341 Å². The first kappa shape index (κ1) is 92.2. The number of hydrogen-bond acceptors (Lipinski definition) is 15. The Morgan fingerprint density at radius 1 is 0.302 bits per heavy atom. The number of carbonyl (C=O) groups is 4. The Bertz CT molecular complexity index is 2160. The highest BCUT2D eigenvalue weighted by molar-refractivity contribution is 7.47. The molecule has 0 aromatic heterocycles. The summed E-state index contributed by atoms with van der Waals surface area (Å²) in [6.07, 6.45) is 70.1. The molecule has 0 aliphatic rings. The summed E-state index contributed by atoms with van der Waals surface area (Å²) in [5, 5.41) is 10.6. The standard InChI is InChI=1S/C77H136O17P2/c1-5-9-13-17-21-25-29-32-35-38-42-45-49-53-57-61-74(79)87-67-72(93-76(81)63-59-55-51-47-41-28-24-20-16-12-8-4)69-91-95(83,84)89-65-71(78)66-90-96(85,86)92-70-73(94-77(82)64-60-56-52-48-44-40-37-34-31-27-23-19-15-11-7-3)68-88-75(80)62-58-54-50-46-43-39-36-33-30-26-22-18-14-10-6-2/h10,14,22-23,26-27,32-37,43,46,71-73,78H,5-9,11-13,15-21,24-25,28-31,38-42,44-45,47-70H2,1-4H3,(H,83,84)(H,85,86)/b14-10-,26-22-,27-23-,35-32-,36-33-,37-34-,46-43-. The number of esters is 4. The lowest BCUT2D eigenvalue weighted by Gasteiger charge is -2.21. The molecule has 0 aromatic rings. The Morgan fingerprint density at radius 2 is 0.542 bits per heavy atom. The molecule has 19 heteroatoms. The number of carbonyl (C=O) groups excluding carboxylic acids is 4. The van der Waals surface area contributed by atoms with E-state index in [1.54, 1.807) is 0 Å². The first-order chi connectivity index (χ1) is 46.7. The molecule has 556 valence electrons. The molecule has 0 spiro atoms. The predicted octanol–water partition coefficient (Wildman–Crippen LogP) is 21.4. The molecule has 0 rings (SSSR count). The first-order valence-corrected chi connectivity index (χ1v) is 40.8.